The predicted molar refractivity (Wildman–Crippen MR) is 116 cm³/mol. The molecule has 0 radical (unpaired) electrons. The molecule has 8 heteroatoms. The molecule has 0 bridgehead atoms. The zero-order valence-electron chi connectivity index (χ0n) is 17.4. The highest BCUT2D eigenvalue weighted by atomic mass is 16.5. The first-order valence-corrected chi connectivity index (χ1v) is 9.73. The molecule has 0 fully saturated rings. The van der Waals surface area contributed by atoms with Crippen LogP contribution in [0.1, 0.15) is 26.3 Å². The molecule has 3 rings (SSSR count). The van der Waals surface area contributed by atoms with E-state index in [9.17, 15) is 14.4 Å². The maximum absolute atomic E-state index is 12.4. The number of hydrogen-bond donors (Lipinski definition) is 2. The predicted octanol–water partition coefficient (Wildman–Crippen LogP) is 2.89. The summed E-state index contributed by atoms with van der Waals surface area (Å²) in [5, 5.41) is 0. The Balaban J connectivity index is 1.48. The van der Waals surface area contributed by atoms with Crippen LogP contribution in [0.5, 0.6) is 11.5 Å². The van der Waals surface area contributed by atoms with Crippen molar-refractivity contribution in [2.75, 3.05) is 13.7 Å². The van der Waals surface area contributed by atoms with E-state index in [1.807, 2.05) is 30.3 Å². The molecule has 0 aliphatic rings. The Labute approximate surface area is 185 Å². The number of hydrazine groups is 1. The molecule has 0 unspecified atom stereocenters. The van der Waals surface area contributed by atoms with Gasteiger partial charge in [-0.25, -0.2) is 4.79 Å². The Kier molecular flexibility index (Phi) is 7.80. The fraction of sp³-hybridized carbons (Fsp3) is 0.125. The Morgan fingerprint density at radius 3 is 2.22 bits per heavy atom. The summed E-state index contributed by atoms with van der Waals surface area (Å²) < 4.78 is 15.8. The Morgan fingerprint density at radius 1 is 0.812 bits per heavy atom. The van der Waals surface area contributed by atoms with Crippen molar-refractivity contribution in [2.45, 2.75) is 6.61 Å². The molecule has 2 amide bonds. The molecule has 32 heavy (non-hydrogen) atoms. The van der Waals surface area contributed by atoms with Gasteiger partial charge in [0.2, 0.25) is 0 Å². The lowest BCUT2D eigenvalue weighted by molar-refractivity contribution is -0.125. The van der Waals surface area contributed by atoms with Gasteiger partial charge in [-0.2, -0.15) is 0 Å². The first-order valence-electron chi connectivity index (χ1n) is 9.73. The number of nitrogens with one attached hydrogen (secondary N) is 2. The van der Waals surface area contributed by atoms with Crippen LogP contribution in [0.2, 0.25) is 0 Å². The minimum absolute atomic E-state index is 0.193. The standard InChI is InChI=1S/C24H22N2O6/c1-30-19-13-11-18(12-14-19)23(28)26-25-22(27)16-32-24(29)20-9-5-6-10-21(20)31-15-17-7-3-2-4-8-17/h2-14H,15-16H2,1H3,(H,25,27)(H,26,28). The van der Waals surface area contributed by atoms with Crippen LogP contribution in [0.4, 0.5) is 0 Å². The zero-order chi connectivity index (χ0) is 22.8. The third-order valence-electron chi connectivity index (χ3n) is 4.35. The first kappa shape index (κ1) is 22.4. The molecule has 0 aliphatic carbocycles. The van der Waals surface area contributed by atoms with Gasteiger partial charge in [0.15, 0.2) is 6.61 Å². The third-order valence-corrected chi connectivity index (χ3v) is 4.35. The van der Waals surface area contributed by atoms with Crippen LogP contribution in [0.25, 0.3) is 0 Å². The molecule has 2 N–H and O–H groups in total. The van der Waals surface area contributed by atoms with E-state index in [4.69, 9.17) is 14.2 Å². The molecular weight excluding hydrogens is 412 g/mol. The number of methoxy groups -OCH3 is 1. The molecular formula is C24H22N2O6. The molecule has 0 saturated carbocycles. The fourth-order valence-corrected chi connectivity index (χ4v) is 2.68. The van der Waals surface area contributed by atoms with E-state index in [1.54, 1.807) is 48.5 Å². The Morgan fingerprint density at radius 2 is 1.50 bits per heavy atom. The normalized spacial score (nSPS) is 10.0. The highest BCUT2D eigenvalue weighted by Gasteiger charge is 2.16. The maximum atomic E-state index is 12.4. The van der Waals surface area contributed by atoms with E-state index in [-0.39, 0.29) is 12.2 Å². The lowest BCUT2D eigenvalue weighted by Crippen LogP contribution is -2.43. The summed E-state index contributed by atoms with van der Waals surface area (Å²) in [5.41, 5.74) is 5.92. The molecule has 0 aliphatic heterocycles. The molecule has 3 aromatic carbocycles. The van der Waals surface area contributed by atoms with E-state index in [2.05, 4.69) is 10.9 Å². The van der Waals surface area contributed by atoms with Crippen molar-refractivity contribution in [1.82, 2.24) is 10.9 Å². The van der Waals surface area contributed by atoms with Gasteiger partial charge in [-0.3, -0.25) is 20.4 Å². The number of esters is 1. The monoisotopic (exact) mass is 434 g/mol. The van der Waals surface area contributed by atoms with Crippen LogP contribution < -0.4 is 20.3 Å². The van der Waals surface area contributed by atoms with Gasteiger partial charge in [0.05, 0.1) is 7.11 Å². The SMILES string of the molecule is COc1ccc(C(=O)NNC(=O)COC(=O)c2ccccc2OCc2ccccc2)cc1. The van der Waals surface area contributed by atoms with E-state index in [0.717, 1.165) is 5.56 Å². The van der Waals surface area contributed by atoms with Gasteiger partial charge >= 0.3 is 5.97 Å². The fourth-order valence-electron chi connectivity index (χ4n) is 2.68. The van der Waals surface area contributed by atoms with Crippen molar-refractivity contribution >= 4 is 17.8 Å². The summed E-state index contributed by atoms with van der Waals surface area (Å²) in [5.74, 6) is -0.986. The molecule has 0 aromatic heterocycles. The number of amides is 2. The van der Waals surface area contributed by atoms with Crippen molar-refractivity contribution in [2.24, 2.45) is 0 Å². The summed E-state index contributed by atoms with van der Waals surface area (Å²) in [6.45, 7) is -0.294. The lowest BCUT2D eigenvalue weighted by Gasteiger charge is -2.12. The van der Waals surface area contributed by atoms with Crippen molar-refractivity contribution in [3.63, 3.8) is 0 Å². The van der Waals surface area contributed by atoms with Crippen LogP contribution in [-0.2, 0) is 16.1 Å². The van der Waals surface area contributed by atoms with Crippen LogP contribution in [0.3, 0.4) is 0 Å². The summed E-state index contributed by atoms with van der Waals surface area (Å²) in [6.07, 6.45) is 0. The molecule has 164 valence electrons. The second kappa shape index (κ2) is 11.2. The van der Waals surface area contributed by atoms with E-state index in [1.165, 1.54) is 7.11 Å². The highest BCUT2D eigenvalue weighted by molar-refractivity contribution is 5.96. The number of carbonyl (C=O) groups excluding carboxylic acids is 3. The smallest absolute Gasteiger partial charge is 0.342 e. The second-order valence-electron chi connectivity index (χ2n) is 6.58. The van der Waals surface area contributed by atoms with Crippen LogP contribution in [0, 0.1) is 0 Å². The minimum Gasteiger partial charge on any atom is -0.497 e. The number of ether oxygens (including phenoxy) is 3. The minimum atomic E-state index is -0.717. The van der Waals surface area contributed by atoms with Gasteiger partial charge < -0.3 is 14.2 Å². The average Bonchev–Trinajstić information content (AvgIpc) is 2.85. The number of rotatable bonds is 8. The molecule has 0 heterocycles. The Hall–Kier alpha value is -4.33. The lowest BCUT2D eigenvalue weighted by atomic mass is 10.2. The van der Waals surface area contributed by atoms with Crippen LogP contribution >= 0.6 is 0 Å². The topological polar surface area (TPSA) is 103 Å². The summed E-state index contributed by atoms with van der Waals surface area (Å²) in [4.78, 5) is 36.4. The highest BCUT2D eigenvalue weighted by Crippen LogP contribution is 2.20. The largest absolute Gasteiger partial charge is 0.497 e. The van der Waals surface area contributed by atoms with E-state index in [0.29, 0.717) is 17.1 Å². The summed E-state index contributed by atoms with van der Waals surface area (Å²) in [6, 6.07) is 22.4. The number of benzene rings is 3. The van der Waals surface area contributed by atoms with E-state index < -0.39 is 24.4 Å². The maximum Gasteiger partial charge on any atom is 0.342 e. The van der Waals surface area contributed by atoms with Crippen LogP contribution in [0.15, 0.2) is 78.9 Å². The van der Waals surface area contributed by atoms with Crippen molar-refractivity contribution in [1.29, 1.82) is 0 Å². The zero-order valence-corrected chi connectivity index (χ0v) is 17.4. The molecule has 3 aromatic rings. The van der Waals surface area contributed by atoms with Gasteiger partial charge in [0.25, 0.3) is 11.8 Å². The van der Waals surface area contributed by atoms with Gasteiger partial charge in [-0.15, -0.1) is 0 Å². The molecule has 0 atom stereocenters. The van der Waals surface area contributed by atoms with Gasteiger partial charge in [0.1, 0.15) is 23.7 Å². The average molecular weight is 434 g/mol. The number of carbonyl (C=O) groups is 3. The van der Waals surface area contributed by atoms with Crippen molar-refractivity contribution < 1.29 is 28.6 Å². The van der Waals surface area contributed by atoms with Gasteiger partial charge in [-0.1, -0.05) is 42.5 Å². The Bertz CT molecular complexity index is 1070. The summed E-state index contributed by atoms with van der Waals surface area (Å²) in [7, 11) is 1.52. The van der Waals surface area contributed by atoms with Crippen molar-refractivity contribution in [3.05, 3.63) is 95.6 Å². The molecule has 0 spiro atoms. The quantitative estimate of drug-likeness (QED) is 0.418. The number of hydrogen-bond acceptors (Lipinski definition) is 6. The van der Waals surface area contributed by atoms with Crippen molar-refractivity contribution in [3.8, 4) is 11.5 Å². The second-order valence-corrected chi connectivity index (χ2v) is 6.58. The number of para-hydroxylation sites is 1. The third kappa shape index (κ3) is 6.33. The summed E-state index contributed by atoms with van der Waals surface area (Å²) >= 11 is 0. The molecule has 0 saturated heterocycles. The van der Waals surface area contributed by atoms with Gasteiger partial charge in [-0.05, 0) is 42.0 Å². The first-order chi connectivity index (χ1) is 15.6. The van der Waals surface area contributed by atoms with E-state index >= 15 is 0 Å². The molecule has 8 nitrogen and oxygen atoms in total. The van der Waals surface area contributed by atoms with Crippen LogP contribution in [-0.4, -0.2) is 31.5 Å². The van der Waals surface area contributed by atoms with Gasteiger partial charge in [0, 0.05) is 5.56 Å².